The van der Waals surface area contributed by atoms with Crippen LogP contribution in [0.3, 0.4) is 0 Å². The Bertz CT molecular complexity index is 1060. The highest BCUT2D eigenvalue weighted by atomic mass is 32.1. The molecule has 2 aromatic carbocycles. The Kier molecular flexibility index (Phi) is 7.44. The average molecular weight is 477 g/mol. The van der Waals surface area contributed by atoms with E-state index in [0.29, 0.717) is 23.9 Å². The van der Waals surface area contributed by atoms with E-state index in [9.17, 15) is 9.59 Å². The van der Waals surface area contributed by atoms with Crippen LogP contribution >= 0.6 is 11.3 Å². The fourth-order valence-corrected chi connectivity index (χ4v) is 4.82. The first-order valence-corrected chi connectivity index (χ1v) is 12.6. The van der Waals surface area contributed by atoms with E-state index >= 15 is 0 Å². The predicted octanol–water partition coefficient (Wildman–Crippen LogP) is 4.60. The van der Waals surface area contributed by atoms with Crippen LogP contribution in [0.15, 0.2) is 66.0 Å². The molecule has 1 aliphatic rings. The number of hydrogen-bond donors (Lipinski definition) is 1. The number of anilines is 1. The van der Waals surface area contributed by atoms with E-state index in [1.54, 1.807) is 0 Å². The van der Waals surface area contributed by atoms with Gasteiger partial charge < -0.3 is 10.2 Å². The quantitative estimate of drug-likeness (QED) is 0.565. The van der Waals surface area contributed by atoms with Crippen LogP contribution < -0.4 is 5.32 Å². The molecule has 3 aromatic rings. The summed E-state index contributed by atoms with van der Waals surface area (Å²) in [6.45, 7) is 8.58. The summed E-state index contributed by atoms with van der Waals surface area (Å²) < 4.78 is 0. The summed E-state index contributed by atoms with van der Waals surface area (Å²) in [5.74, 6) is -0.00291. The van der Waals surface area contributed by atoms with Crippen LogP contribution in [0.2, 0.25) is 0 Å². The number of aromatic nitrogens is 1. The van der Waals surface area contributed by atoms with Crippen molar-refractivity contribution in [1.29, 1.82) is 0 Å². The minimum atomic E-state index is -0.487. The van der Waals surface area contributed by atoms with Gasteiger partial charge in [0.1, 0.15) is 0 Å². The van der Waals surface area contributed by atoms with Crippen molar-refractivity contribution in [3.63, 3.8) is 0 Å². The van der Waals surface area contributed by atoms with Gasteiger partial charge in [0.2, 0.25) is 11.8 Å². The number of carbonyl (C=O) groups excluding carboxylic acids is 2. The average Bonchev–Trinajstić information content (AvgIpc) is 3.27. The standard InChI is InChI=1S/C27H32N4O2S/c1-27(2,3)25(33)29-26-28-22(19-34-26)18-23(32)30-14-16-31(17-15-30)24(20-10-6-4-7-11-20)21-12-8-5-9-13-21/h4-13,19,24H,14-18H2,1-3H3,(H,28,29,33). The molecule has 1 aliphatic heterocycles. The number of amides is 2. The maximum absolute atomic E-state index is 13.0. The Morgan fingerprint density at radius 3 is 2.03 bits per heavy atom. The van der Waals surface area contributed by atoms with Crippen molar-refractivity contribution in [2.24, 2.45) is 5.41 Å². The van der Waals surface area contributed by atoms with E-state index in [-0.39, 0.29) is 24.3 Å². The summed E-state index contributed by atoms with van der Waals surface area (Å²) >= 11 is 1.36. The first-order chi connectivity index (χ1) is 16.3. The Morgan fingerprint density at radius 1 is 0.941 bits per heavy atom. The van der Waals surface area contributed by atoms with E-state index in [4.69, 9.17) is 0 Å². The van der Waals surface area contributed by atoms with Crippen molar-refractivity contribution < 1.29 is 9.59 Å². The molecule has 4 rings (SSSR count). The van der Waals surface area contributed by atoms with Gasteiger partial charge in [-0.25, -0.2) is 4.98 Å². The highest BCUT2D eigenvalue weighted by Crippen LogP contribution is 2.29. The summed E-state index contributed by atoms with van der Waals surface area (Å²) in [6.07, 6.45) is 0.253. The zero-order chi connectivity index (χ0) is 24.1. The van der Waals surface area contributed by atoms with Gasteiger partial charge in [0, 0.05) is 37.0 Å². The smallest absolute Gasteiger partial charge is 0.231 e. The molecular weight excluding hydrogens is 444 g/mol. The van der Waals surface area contributed by atoms with Gasteiger partial charge in [-0.2, -0.15) is 0 Å². The number of nitrogens with one attached hydrogen (secondary N) is 1. The van der Waals surface area contributed by atoms with Crippen molar-refractivity contribution in [2.45, 2.75) is 33.2 Å². The second-order valence-corrected chi connectivity index (χ2v) is 10.5. The van der Waals surface area contributed by atoms with Crippen molar-refractivity contribution in [3.05, 3.63) is 82.9 Å². The van der Waals surface area contributed by atoms with Crippen LogP contribution in [0.4, 0.5) is 5.13 Å². The molecular formula is C27H32N4O2S. The molecule has 6 nitrogen and oxygen atoms in total. The normalized spacial score (nSPS) is 14.9. The largest absolute Gasteiger partial charge is 0.340 e. The van der Waals surface area contributed by atoms with Crippen LogP contribution in [0.25, 0.3) is 0 Å². The van der Waals surface area contributed by atoms with Crippen molar-refractivity contribution >= 4 is 28.3 Å². The molecule has 2 heterocycles. The Balaban J connectivity index is 1.37. The summed E-state index contributed by atoms with van der Waals surface area (Å²) in [6, 6.07) is 21.3. The van der Waals surface area contributed by atoms with Crippen LogP contribution in [-0.2, 0) is 16.0 Å². The lowest BCUT2D eigenvalue weighted by molar-refractivity contribution is -0.132. The first-order valence-electron chi connectivity index (χ1n) is 11.7. The summed E-state index contributed by atoms with van der Waals surface area (Å²) in [7, 11) is 0. The topological polar surface area (TPSA) is 65.5 Å². The van der Waals surface area contributed by atoms with Crippen molar-refractivity contribution in [2.75, 3.05) is 31.5 Å². The lowest BCUT2D eigenvalue weighted by atomic mass is 9.96. The van der Waals surface area contributed by atoms with Gasteiger partial charge in [0.25, 0.3) is 0 Å². The maximum Gasteiger partial charge on any atom is 0.231 e. The molecule has 0 bridgehead atoms. The zero-order valence-corrected chi connectivity index (χ0v) is 20.8. The van der Waals surface area contributed by atoms with Crippen LogP contribution in [0.5, 0.6) is 0 Å². The van der Waals surface area contributed by atoms with E-state index < -0.39 is 5.41 Å². The summed E-state index contributed by atoms with van der Waals surface area (Å²) in [4.78, 5) is 34.0. The van der Waals surface area contributed by atoms with Gasteiger partial charge in [-0.05, 0) is 11.1 Å². The Morgan fingerprint density at radius 2 is 1.50 bits per heavy atom. The zero-order valence-electron chi connectivity index (χ0n) is 20.0. The third kappa shape index (κ3) is 5.90. The monoisotopic (exact) mass is 476 g/mol. The SMILES string of the molecule is CC(C)(C)C(=O)Nc1nc(CC(=O)N2CCN(C(c3ccccc3)c3ccccc3)CC2)cs1. The molecule has 1 aromatic heterocycles. The number of carbonyl (C=O) groups is 2. The number of hydrogen-bond acceptors (Lipinski definition) is 5. The van der Waals surface area contributed by atoms with E-state index in [1.165, 1.54) is 22.5 Å². The summed E-state index contributed by atoms with van der Waals surface area (Å²) in [5, 5.41) is 5.24. The molecule has 0 radical (unpaired) electrons. The molecule has 0 unspecified atom stereocenters. The van der Waals surface area contributed by atoms with Crippen LogP contribution in [-0.4, -0.2) is 52.8 Å². The molecule has 7 heteroatoms. The van der Waals surface area contributed by atoms with Crippen molar-refractivity contribution in [3.8, 4) is 0 Å². The first kappa shape index (κ1) is 24.1. The lowest BCUT2D eigenvalue weighted by Crippen LogP contribution is -2.50. The Hall–Kier alpha value is -3.03. The number of benzene rings is 2. The van der Waals surface area contributed by atoms with Gasteiger partial charge in [-0.3, -0.25) is 14.5 Å². The van der Waals surface area contributed by atoms with Crippen LogP contribution in [0, 0.1) is 5.41 Å². The molecule has 34 heavy (non-hydrogen) atoms. The Labute approximate surface area is 205 Å². The van der Waals surface area contributed by atoms with Crippen LogP contribution in [0.1, 0.15) is 43.6 Å². The van der Waals surface area contributed by atoms with Crippen molar-refractivity contribution in [1.82, 2.24) is 14.8 Å². The van der Waals surface area contributed by atoms with Gasteiger partial charge >= 0.3 is 0 Å². The highest BCUT2D eigenvalue weighted by molar-refractivity contribution is 7.13. The lowest BCUT2D eigenvalue weighted by Gasteiger charge is -2.39. The maximum atomic E-state index is 13.0. The molecule has 178 valence electrons. The molecule has 2 amide bonds. The minimum Gasteiger partial charge on any atom is -0.340 e. The molecule has 1 fully saturated rings. The predicted molar refractivity (Wildman–Crippen MR) is 137 cm³/mol. The van der Waals surface area contributed by atoms with Gasteiger partial charge in [-0.1, -0.05) is 81.4 Å². The van der Waals surface area contributed by atoms with Gasteiger partial charge in [-0.15, -0.1) is 11.3 Å². The summed E-state index contributed by atoms with van der Waals surface area (Å²) in [5.41, 5.74) is 2.74. The number of thiazole rings is 1. The fraction of sp³-hybridized carbons (Fsp3) is 0.370. The second kappa shape index (κ2) is 10.5. The molecule has 0 saturated carbocycles. The number of nitrogens with zero attached hydrogens (tertiary/aromatic N) is 3. The third-order valence-electron chi connectivity index (χ3n) is 6.05. The molecule has 0 aliphatic carbocycles. The van der Waals surface area contributed by atoms with E-state index in [0.717, 1.165) is 13.1 Å². The molecule has 1 N–H and O–H groups in total. The third-order valence-corrected chi connectivity index (χ3v) is 6.86. The van der Waals surface area contributed by atoms with Gasteiger partial charge in [0.05, 0.1) is 18.2 Å². The van der Waals surface area contributed by atoms with Gasteiger partial charge in [0.15, 0.2) is 5.13 Å². The molecule has 0 atom stereocenters. The van der Waals surface area contributed by atoms with E-state index in [2.05, 4.69) is 63.7 Å². The fourth-order valence-electron chi connectivity index (χ4n) is 4.11. The number of rotatable bonds is 6. The number of piperazine rings is 1. The minimum absolute atomic E-state index is 0.0784. The molecule has 1 saturated heterocycles. The second-order valence-electron chi connectivity index (χ2n) is 9.67. The highest BCUT2D eigenvalue weighted by Gasteiger charge is 2.28. The van der Waals surface area contributed by atoms with E-state index in [1.807, 2.05) is 43.2 Å². The molecule has 0 spiro atoms.